The maximum atomic E-state index is 13.7. The second-order valence-corrected chi connectivity index (χ2v) is 5.30. The number of halogens is 2. The van der Waals surface area contributed by atoms with Crippen LogP contribution in [0.1, 0.15) is 38.3 Å². The highest BCUT2D eigenvalue weighted by Crippen LogP contribution is 2.22. The van der Waals surface area contributed by atoms with Crippen molar-refractivity contribution >= 4 is 5.91 Å². The molecule has 1 heterocycles. The number of benzene rings is 1. The molecule has 20 heavy (non-hydrogen) atoms. The number of nitrogens with zero attached hydrogens (tertiary/aromatic N) is 1. The van der Waals surface area contributed by atoms with Gasteiger partial charge in [0.05, 0.1) is 0 Å². The zero-order valence-corrected chi connectivity index (χ0v) is 11.8. The van der Waals surface area contributed by atoms with Gasteiger partial charge in [-0.05, 0) is 31.9 Å². The molecule has 0 radical (unpaired) electrons. The molecule has 1 aromatic rings. The standard InChI is InChI=1S/C15H20F2N2O/c1-10(15-13(16)4-3-5-14(15)17)18-12-6-8-19(9-7-12)11(2)20/h3-5,10,12,18H,6-9H2,1-2H3/t10-/m0/s1. The lowest BCUT2D eigenvalue weighted by atomic mass is 10.0. The minimum Gasteiger partial charge on any atom is -0.343 e. The van der Waals surface area contributed by atoms with Gasteiger partial charge in [0.15, 0.2) is 0 Å². The molecule has 3 nitrogen and oxygen atoms in total. The van der Waals surface area contributed by atoms with E-state index in [1.807, 2.05) is 0 Å². The van der Waals surface area contributed by atoms with Crippen LogP contribution in [0.15, 0.2) is 18.2 Å². The first-order chi connectivity index (χ1) is 9.49. The summed E-state index contributed by atoms with van der Waals surface area (Å²) in [6, 6.07) is 3.71. The molecule has 0 unspecified atom stereocenters. The third-order valence-corrected chi connectivity index (χ3v) is 3.86. The summed E-state index contributed by atoms with van der Waals surface area (Å²) >= 11 is 0. The van der Waals surface area contributed by atoms with Gasteiger partial charge in [-0.1, -0.05) is 6.07 Å². The third kappa shape index (κ3) is 3.33. The van der Waals surface area contributed by atoms with Gasteiger partial charge in [-0.25, -0.2) is 8.78 Å². The summed E-state index contributed by atoms with van der Waals surface area (Å²) in [7, 11) is 0. The molecule has 0 bridgehead atoms. The first-order valence-electron chi connectivity index (χ1n) is 6.94. The molecule has 1 atom stereocenters. The van der Waals surface area contributed by atoms with Crippen LogP contribution in [-0.2, 0) is 4.79 Å². The molecule has 1 aromatic carbocycles. The van der Waals surface area contributed by atoms with E-state index in [1.54, 1.807) is 18.7 Å². The number of amides is 1. The van der Waals surface area contributed by atoms with Crippen LogP contribution in [0.3, 0.4) is 0 Å². The molecule has 1 aliphatic heterocycles. The first kappa shape index (κ1) is 14.9. The van der Waals surface area contributed by atoms with Crippen LogP contribution in [0.25, 0.3) is 0 Å². The van der Waals surface area contributed by atoms with Crippen LogP contribution in [0.2, 0.25) is 0 Å². The molecule has 0 aliphatic carbocycles. The van der Waals surface area contributed by atoms with Crippen LogP contribution in [-0.4, -0.2) is 29.9 Å². The molecule has 1 N–H and O–H groups in total. The first-order valence-corrected chi connectivity index (χ1v) is 6.94. The highest BCUT2D eigenvalue weighted by atomic mass is 19.1. The Hall–Kier alpha value is -1.49. The number of piperidine rings is 1. The van der Waals surface area contributed by atoms with E-state index < -0.39 is 11.6 Å². The fourth-order valence-electron chi connectivity index (χ4n) is 2.72. The number of likely N-dealkylation sites (tertiary alicyclic amines) is 1. The van der Waals surface area contributed by atoms with Gasteiger partial charge in [0.25, 0.3) is 0 Å². The Morgan fingerprint density at radius 2 is 1.85 bits per heavy atom. The Morgan fingerprint density at radius 3 is 2.35 bits per heavy atom. The second-order valence-electron chi connectivity index (χ2n) is 5.30. The number of carbonyl (C=O) groups excluding carboxylic acids is 1. The van der Waals surface area contributed by atoms with Gasteiger partial charge in [-0.3, -0.25) is 4.79 Å². The number of hydrogen-bond acceptors (Lipinski definition) is 2. The summed E-state index contributed by atoms with van der Waals surface area (Å²) in [4.78, 5) is 13.0. The Balaban J connectivity index is 1.96. The van der Waals surface area contributed by atoms with Crippen molar-refractivity contribution in [2.45, 2.75) is 38.8 Å². The van der Waals surface area contributed by atoms with Crippen molar-refractivity contribution < 1.29 is 13.6 Å². The lowest BCUT2D eigenvalue weighted by molar-refractivity contribution is -0.129. The van der Waals surface area contributed by atoms with Crippen LogP contribution in [0, 0.1) is 11.6 Å². The zero-order chi connectivity index (χ0) is 14.7. The van der Waals surface area contributed by atoms with Gasteiger partial charge in [-0.2, -0.15) is 0 Å². The van der Waals surface area contributed by atoms with Crippen molar-refractivity contribution in [3.8, 4) is 0 Å². The number of rotatable bonds is 3. The molecule has 1 saturated heterocycles. The Kier molecular flexibility index (Phi) is 4.70. The molecule has 110 valence electrons. The number of carbonyl (C=O) groups is 1. The Morgan fingerprint density at radius 1 is 1.30 bits per heavy atom. The molecular weight excluding hydrogens is 262 g/mol. The number of hydrogen-bond donors (Lipinski definition) is 1. The molecule has 1 aliphatic rings. The van der Waals surface area contributed by atoms with Crippen molar-refractivity contribution in [3.05, 3.63) is 35.4 Å². The van der Waals surface area contributed by atoms with Crippen LogP contribution < -0.4 is 5.32 Å². The minimum atomic E-state index is -0.522. The summed E-state index contributed by atoms with van der Waals surface area (Å²) in [6.45, 7) is 4.71. The molecule has 1 amide bonds. The van der Waals surface area contributed by atoms with E-state index >= 15 is 0 Å². The van der Waals surface area contributed by atoms with Gasteiger partial charge < -0.3 is 10.2 Å². The van der Waals surface area contributed by atoms with Crippen molar-refractivity contribution in [1.82, 2.24) is 10.2 Å². The average Bonchev–Trinajstić information content (AvgIpc) is 2.39. The van der Waals surface area contributed by atoms with Crippen LogP contribution >= 0.6 is 0 Å². The summed E-state index contributed by atoms with van der Waals surface area (Å²) < 4.78 is 27.4. The number of nitrogens with one attached hydrogen (secondary N) is 1. The largest absolute Gasteiger partial charge is 0.343 e. The molecule has 1 fully saturated rings. The monoisotopic (exact) mass is 282 g/mol. The molecule has 0 spiro atoms. The van der Waals surface area contributed by atoms with Crippen LogP contribution in [0.4, 0.5) is 8.78 Å². The zero-order valence-electron chi connectivity index (χ0n) is 11.8. The third-order valence-electron chi connectivity index (χ3n) is 3.86. The maximum Gasteiger partial charge on any atom is 0.219 e. The normalized spacial score (nSPS) is 18.1. The average molecular weight is 282 g/mol. The quantitative estimate of drug-likeness (QED) is 0.924. The highest BCUT2D eigenvalue weighted by molar-refractivity contribution is 5.73. The molecule has 0 aromatic heterocycles. The maximum absolute atomic E-state index is 13.7. The molecular formula is C15H20F2N2O. The Labute approximate surface area is 118 Å². The SMILES string of the molecule is CC(=O)N1CCC(N[C@@H](C)c2c(F)cccc2F)CC1. The second kappa shape index (κ2) is 6.31. The predicted octanol–water partition coefficient (Wildman–Crippen LogP) is 2.63. The summed E-state index contributed by atoms with van der Waals surface area (Å²) in [5.74, 6) is -0.964. The van der Waals surface area contributed by atoms with Gasteiger partial charge in [0.2, 0.25) is 5.91 Å². The molecule has 2 rings (SSSR count). The van der Waals surface area contributed by atoms with E-state index in [9.17, 15) is 13.6 Å². The Bertz CT molecular complexity index is 465. The fourth-order valence-corrected chi connectivity index (χ4v) is 2.72. The van der Waals surface area contributed by atoms with E-state index in [-0.39, 0.29) is 23.6 Å². The van der Waals surface area contributed by atoms with Crippen molar-refractivity contribution in [2.75, 3.05) is 13.1 Å². The van der Waals surface area contributed by atoms with Gasteiger partial charge in [0, 0.05) is 37.7 Å². The van der Waals surface area contributed by atoms with E-state index in [1.165, 1.54) is 18.2 Å². The van der Waals surface area contributed by atoms with Gasteiger partial charge in [0.1, 0.15) is 11.6 Å². The summed E-state index contributed by atoms with van der Waals surface area (Å²) in [5, 5.41) is 3.26. The lowest BCUT2D eigenvalue weighted by Gasteiger charge is -2.33. The summed E-state index contributed by atoms with van der Waals surface area (Å²) in [6.07, 6.45) is 1.61. The van der Waals surface area contributed by atoms with Crippen molar-refractivity contribution in [1.29, 1.82) is 0 Å². The minimum absolute atomic E-state index is 0.0802. The topological polar surface area (TPSA) is 32.3 Å². The summed E-state index contributed by atoms with van der Waals surface area (Å²) in [5.41, 5.74) is 0.0847. The highest BCUT2D eigenvalue weighted by Gasteiger charge is 2.24. The molecule has 5 heteroatoms. The van der Waals surface area contributed by atoms with Gasteiger partial charge in [-0.15, -0.1) is 0 Å². The van der Waals surface area contributed by atoms with E-state index in [4.69, 9.17) is 0 Å². The fraction of sp³-hybridized carbons (Fsp3) is 0.533. The van der Waals surface area contributed by atoms with E-state index in [0.29, 0.717) is 13.1 Å². The van der Waals surface area contributed by atoms with Crippen molar-refractivity contribution in [2.24, 2.45) is 0 Å². The lowest BCUT2D eigenvalue weighted by Crippen LogP contribution is -2.45. The van der Waals surface area contributed by atoms with Crippen LogP contribution in [0.5, 0.6) is 0 Å². The van der Waals surface area contributed by atoms with E-state index in [2.05, 4.69) is 5.32 Å². The van der Waals surface area contributed by atoms with Gasteiger partial charge >= 0.3 is 0 Å². The van der Waals surface area contributed by atoms with Crippen molar-refractivity contribution in [3.63, 3.8) is 0 Å². The molecule has 0 saturated carbocycles. The predicted molar refractivity (Wildman–Crippen MR) is 73.2 cm³/mol. The van der Waals surface area contributed by atoms with E-state index in [0.717, 1.165) is 12.8 Å². The smallest absolute Gasteiger partial charge is 0.219 e.